The number of hydrogen-bond donors (Lipinski definition) is 1. The highest BCUT2D eigenvalue weighted by atomic mass is 32.2. The van der Waals surface area contributed by atoms with E-state index in [4.69, 9.17) is 0 Å². The smallest absolute Gasteiger partial charge is 0.243 e. The summed E-state index contributed by atoms with van der Waals surface area (Å²) in [7, 11) is -3.62. The Morgan fingerprint density at radius 3 is 2.48 bits per heavy atom. The van der Waals surface area contributed by atoms with E-state index >= 15 is 0 Å². The lowest BCUT2D eigenvalue weighted by Gasteiger charge is -2.32. The molecule has 2 heterocycles. The predicted molar refractivity (Wildman–Crippen MR) is 110 cm³/mol. The summed E-state index contributed by atoms with van der Waals surface area (Å²) >= 11 is 0. The van der Waals surface area contributed by atoms with Crippen LogP contribution >= 0.6 is 0 Å². The van der Waals surface area contributed by atoms with Gasteiger partial charge in [-0.2, -0.15) is 4.31 Å². The standard InChI is InChI=1S/C21H28N4O3S/c1-14-9-15(2)11-19(10-14)29(27,28)25-8-7-24-13-18(23-21(24)16(25)3)12-20(26)22-17-5-4-6-17/h9-11,13,16-17H,4-8,12H2,1-3H3,(H,22,26)/t16-/m0/s1. The molecule has 156 valence electrons. The lowest BCUT2D eigenvalue weighted by molar-refractivity contribution is -0.121. The number of hydrogen-bond acceptors (Lipinski definition) is 4. The first-order valence-electron chi connectivity index (χ1n) is 10.2. The molecule has 0 saturated heterocycles. The van der Waals surface area contributed by atoms with Gasteiger partial charge in [-0.15, -0.1) is 0 Å². The predicted octanol–water partition coefficient (Wildman–Crippen LogP) is 2.48. The minimum absolute atomic E-state index is 0.0162. The van der Waals surface area contributed by atoms with Crippen molar-refractivity contribution in [3.05, 3.63) is 47.0 Å². The van der Waals surface area contributed by atoms with E-state index in [9.17, 15) is 13.2 Å². The molecule has 29 heavy (non-hydrogen) atoms. The molecular formula is C21H28N4O3S. The van der Waals surface area contributed by atoms with Gasteiger partial charge in [0.25, 0.3) is 0 Å². The summed E-state index contributed by atoms with van der Waals surface area (Å²) in [5, 5.41) is 3.03. The van der Waals surface area contributed by atoms with Crippen molar-refractivity contribution >= 4 is 15.9 Å². The van der Waals surface area contributed by atoms with E-state index in [0.717, 1.165) is 24.0 Å². The number of rotatable bonds is 5. The van der Waals surface area contributed by atoms with Gasteiger partial charge in [0.2, 0.25) is 15.9 Å². The fourth-order valence-corrected chi connectivity index (χ4v) is 5.93. The summed E-state index contributed by atoms with van der Waals surface area (Å²) in [5.74, 6) is 0.674. The Kier molecular flexibility index (Phi) is 5.25. The first-order chi connectivity index (χ1) is 13.7. The zero-order valence-electron chi connectivity index (χ0n) is 17.2. The number of imidazole rings is 1. The van der Waals surface area contributed by atoms with Crippen LogP contribution in [-0.2, 0) is 27.8 Å². The van der Waals surface area contributed by atoms with Gasteiger partial charge in [0.15, 0.2) is 0 Å². The average Bonchev–Trinajstić information content (AvgIpc) is 3.01. The summed E-state index contributed by atoms with van der Waals surface area (Å²) in [6.45, 7) is 6.57. The number of carbonyl (C=O) groups is 1. The van der Waals surface area contributed by atoms with Crippen LogP contribution in [0, 0.1) is 13.8 Å². The Balaban J connectivity index is 1.54. The second-order valence-electron chi connectivity index (χ2n) is 8.27. The normalized spacial score (nSPS) is 20.2. The van der Waals surface area contributed by atoms with Gasteiger partial charge in [-0.05, 0) is 63.3 Å². The van der Waals surface area contributed by atoms with Crippen molar-refractivity contribution in [3.63, 3.8) is 0 Å². The van der Waals surface area contributed by atoms with Gasteiger partial charge in [0.1, 0.15) is 5.82 Å². The molecule has 1 aromatic carbocycles. The lowest BCUT2D eigenvalue weighted by atomic mass is 9.93. The largest absolute Gasteiger partial charge is 0.353 e. The minimum Gasteiger partial charge on any atom is -0.353 e. The fraction of sp³-hybridized carbons (Fsp3) is 0.524. The first kappa shape index (κ1) is 20.1. The van der Waals surface area contributed by atoms with Crippen LogP contribution in [0.2, 0.25) is 0 Å². The van der Waals surface area contributed by atoms with Crippen LogP contribution < -0.4 is 5.32 Å². The van der Waals surface area contributed by atoms with Crippen molar-refractivity contribution in [2.45, 2.75) is 70.0 Å². The number of fused-ring (bicyclic) bond motifs is 1. The molecule has 0 spiro atoms. The molecule has 1 fully saturated rings. The zero-order valence-corrected chi connectivity index (χ0v) is 18.0. The third-order valence-electron chi connectivity index (χ3n) is 5.84. The molecule has 2 aliphatic rings. The van der Waals surface area contributed by atoms with E-state index in [-0.39, 0.29) is 12.3 Å². The number of nitrogens with one attached hydrogen (secondary N) is 1. The van der Waals surface area contributed by atoms with Crippen molar-refractivity contribution in [1.29, 1.82) is 0 Å². The van der Waals surface area contributed by atoms with E-state index < -0.39 is 16.1 Å². The van der Waals surface area contributed by atoms with Gasteiger partial charge >= 0.3 is 0 Å². The maximum Gasteiger partial charge on any atom is 0.243 e. The monoisotopic (exact) mass is 416 g/mol. The molecule has 1 N–H and O–H groups in total. The molecule has 1 amide bonds. The van der Waals surface area contributed by atoms with Gasteiger partial charge < -0.3 is 9.88 Å². The number of aromatic nitrogens is 2. The zero-order chi connectivity index (χ0) is 20.8. The van der Waals surface area contributed by atoms with Crippen molar-refractivity contribution < 1.29 is 13.2 Å². The minimum atomic E-state index is -3.62. The van der Waals surface area contributed by atoms with Gasteiger partial charge in [-0.3, -0.25) is 4.79 Å². The number of nitrogens with zero attached hydrogens (tertiary/aromatic N) is 3. The highest BCUT2D eigenvalue weighted by Crippen LogP contribution is 2.31. The van der Waals surface area contributed by atoms with Gasteiger partial charge in [-0.25, -0.2) is 13.4 Å². The van der Waals surface area contributed by atoms with E-state index in [1.165, 1.54) is 10.7 Å². The van der Waals surface area contributed by atoms with Crippen molar-refractivity contribution in [2.24, 2.45) is 0 Å². The van der Waals surface area contributed by atoms with Crippen LogP contribution in [-0.4, -0.2) is 40.8 Å². The molecule has 1 aliphatic heterocycles. The Morgan fingerprint density at radius 2 is 1.86 bits per heavy atom. The molecule has 1 aromatic heterocycles. The highest BCUT2D eigenvalue weighted by Gasteiger charge is 2.35. The topological polar surface area (TPSA) is 84.3 Å². The Labute approximate surface area is 172 Å². The quantitative estimate of drug-likeness (QED) is 0.812. The lowest BCUT2D eigenvalue weighted by Crippen LogP contribution is -2.41. The van der Waals surface area contributed by atoms with Gasteiger partial charge in [0.05, 0.1) is 23.1 Å². The highest BCUT2D eigenvalue weighted by molar-refractivity contribution is 7.89. The molecule has 0 unspecified atom stereocenters. The molecule has 1 saturated carbocycles. The number of amides is 1. The summed E-state index contributed by atoms with van der Waals surface area (Å²) in [6, 6.07) is 5.31. The fourth-order valence-electron chi connectivity index (χ4n) is 4.15. The molecule has 0 bridgehead atoms. The van der Waals surface area contributed by atoms with Crippen LogP contribution in [0.4, 0.5) is 0 Å². The molecular weight excluding hydrogens is 388 g/mol. The second-order valence-corrected chi connectivity index (χ2v) is 10.2. The maximum atomic E-state index is 13.3. The number of aryl methyl sites for hydroxylation is 2. The molecule has 0 radical (unpaired) electrons. The number of benzene rings is 1. The summed E-state index contributed by atoms with van der Waals surface area (Å²) in [6.07, 6.45) is 5.38. The molecule has 7 nitrogen and oxygen atoms in total. The van der Waals surface area contributed by atoms with Crippen LogP contribution in [0.3, 0.4) is 0 Å². The van der Waals surface area contributed by atoms with Gasteiger partial charge in [-0.1, -0.05) is 6.07 Å². The van der Waals surface area contributed by atoms with Gasteiger partial charge in [0, 0.05) is 25.3 Å². The van der Waals surface area contributed by atoms with Crippen LogP contribution in [0.15, 0.2) is 29.3 Å². The summed E-state index contributed by atoms with van der Waals surface area (Å²) in [5.41, 5.74) is 2.54. The Morgan fingerprint density at radius 1 is 1.17 bits per heavy atom. The molecule has 4 rings (SSSR count). The number of sulfonamides is 1. The van der Waals surface area contributed by atoms with Crippen LogP contribution in [0.25, 0.3) is 0 Å². The maximum absolute atomic E-state index is 13.3. The van der Waals surface area contributed by atoms with E-state index in [1.54, 1.807) is 12.1 Å². The third-order valence-corrected chi connectivity index (χ3v) is 7.79. The SMILES string of the molecule is Cc1cc(C)cc(S(=O)(=O)N2CCn3cc(CC(=O)NC4CCC4)nc3[C@@H]2C)c1. The van der Waals surface area contributed by atoms with Crippen molar-refractivity contribution in [3.8, 4) is 0 Å². The van der Waals surface area contributed by atoms with Crippen molar-refractivity contribution in [1.82, 2.24) is 19.2 Å². The Hall–Kier alpha value is -2.19. The second kappa shape index (κ2) is 7.57. The first-order valence-corrected chi connectivity index (χ1v) is 11.6. The van der Waals surface area contributed by atoms with E-state index in [0.29, 0.717) is 35.5 Å². The van der Waals surface area contributed by atoms with E-state index in [1.807, 2.05) is 37.6 Å². The van der Waals surface area contributed by atoms with E-state index in [2.05, 4.69) is 10.3 Å². The van der Waals surface area contributed by atoms with Crippen molar-refractivity contribution in [2.75, 3.05) is 6.54 Å². The third kappa shape index (κ3) is 3.96. The summed E-state index contributed by atoms with van der Waals surface area (Å²) in [4.78, 5) is 17.1. The van der Waals surface area contributed by atoms with Crippen LogP contribution in [0.1, 0.15) is 54.9 Å². The Bertz CT molecular complexity index is 1020. The van der Waals surface area contributed by atoms with Crippen LogP contribution in [0.5, 0.6) is 0 Å². The molecule has 1 aliphatic carbocycles. The number of carbonyl (C=O) groups excluding carboxylic acids is 1. The molecule has 2 aromatic rings. The molecule has 8 heteroatoms. The summed E-state index contributed by atoms with van der Waals surface area (Å²) < 4.78 is 30.1. The average molecular weight is 417 g/mol. The molecule has 1 atom stereocenters.